The fourth-order valence-corrected chi connectivity index (χ4v) is 12.4. The average molecular weight is 689 g/mol. The average Bonchev–Trinajstić information content (AvgIpc) is 3.63. The van der Waals surface area contributed by atoms with Crippen LogP contribution >= 0.6 is 0 Å². The Balaban J connectivity index is 1.52. The lowest BCUT2D eigenvalue weighted by molar-refractivity contribution is -0.287. The first-order valence-electron chi connectivity index (χ1n) is 17.4. The van der Waals surface area contributed by atoms with E-state index in [1.807, 2.05) is 20.8 Å². The van der Waals surface area contributed by atoms with Crippen molar-refractivity contribution in [3.8, 4) is 0 Å². The van der Waals surface area contributed by atoms with Crippen molar-refractivity contribution in [1.29, 1.82) is 0 Å². The highest BCUT2D eigenvalue weighted by Crippen LogP contribution is 2.76. The van der Waals surface area contributed by atoms with Gasteiger partial charge in [0.1, 0.15) is 30.2 Å². The molecule has 7 rings (SSSR count). The Morgan fingerprint density at radius 1 is 0.796 bits per heavy atom. The van der Waals surface area contributed by atoms with Gasteiger partial charge in [-0.2, -0.15) is 0 Å². The summed E-state index contributed by atoms with van der Waals surface area (Å²) in [5.74, 6) is -7.44. The number of ether oxygens (including phenoxy) is 6. The Kier molecular flexibility index (Phi) is 7.54. The summed E-state index contributed by atoms with van der Waals surface area (Å²) in [6, 6.07) is 0. The van der Waals surface area contributed by atoms with Gasteiger partial charge in [-0.1, -0.05) is 20.8 Å². The van der Waals surface area contributed by atoms with Gasteiger partial charge in [-0.3, -0.25) is 19.2 Å². The molecule has 18 atom stereocenters. The van der Waals surface area contributed by atoms with Crippen LogP contribution in [0.15, 0.2) is 11.8 Å². The van der Waals surface area contributed by atoms with Crippen LogP contribution in [0, 0.1) is 57.7 Å². The molecular weight excluding hydrogens is 640 g/mol. The van der Waals surface area contributed by atoms with Crippen LogP contribution in [0.1, 0.15) is 75.2 Å². The maximum atomic E-state index is 13.3. The molecule has 13 heteroatoms. The fourth-order valence-electron chi connectivity index (χ4n) is 12.4. The molecular formula is C36H48O13. The molecule has 2 N–H and O–H groups in total. The van der Waals surface area contributed by atoms with Crippen molar-refractivity contribution in [1.82, 2.24) is 0 Å². The van der Waals surface area contributed by atoms with Crippen molar-refractivity contribution >= 4 is 29.8 Å². The molecule has 270 valence electrons. The monoisotopic (exact) mass is 688 g/mol. The lowest BCUT2D eigenvalue weighted by Gasteiger charge is -2.66. The topological polar surface area (TPSA) is 184 Å². The first kappa shape index (κ1) is 34.4. The third-order valence-corrected chi connectivity index (χ3v) is 14.1. The van der Waals surface area contributed by atoms with Gasteiger partial charge >= 0.3 is 29.8 Å². The van der Waals surface area contributed by atoms with Gasteiger partial charge in [-0.25, -0.2) is 4.79 Å². The molecule has 0 radical (unpaired) electrons. The van der Waals surface area contributed by atoms with Gasteiger partial charge in [-0.05, 0) is 50.0 Å². The van der Waals surface area contributed by atoms with Gasteiger partial charge in [0.25, 0.3) is 0 Å². The molecule has 13 nitrogen and oxygen atoms in total. The molecule has 4 saturated carbocycles. The van der Waals surface area contributed by atoms with E-state index >= 15 is 0 Å². The molecule has 0 amide bonds. The van der Waals surface area contributed by atoms with E-state index in [4.69, 9.17) is 28.4 Å². The third-order valence-electron chi connectivity index (χ3n) is 14.1. The summed E-state index contributed by atoms with van der Waals surface area (Å²) in [5, 5.41) is 24.6. The number of epoxide rings is 1. The molecule has 1 unspecified atom stereocenters. The van der Waals surface area contributed by atoms with E-state index in [9.17, 15) is 34.2 Å². The summed E-state index contributed by atoms with van der Waals surface area (Å²) in [7, 11) is 0. The zero-order chi connectivity index (χ0) is 35.9. The fraction of sp³-hybridized carbons (Fsp3) is 0.806. The van der Waals surface area contributed by atoms with E-state index in [2.05, 4.69) is 0 Å². The Morgan fingerprint density at radius 2 is 1.37 bits per heavy atom. The van der Waals surface area contributed by atoms with E-state index in [-0.39, 0.29) is 23.9 Å². The zero-order valence-electron chi connectivity index (χ0n) is 29.5. The summed E-state index contributed by atoms with van der Waals surface area (Å²) in [6.45, 7) is 14.1. The van der Waals surface area contributed by atoms with Crippen LogP contribution in [0.3, 0.4) is 0 Å². The molecule has 5 aliphatic carbocycles. The summed E-state index contributed by atoms with van der Waals surface area (Å²) < 4.78 is 36.6. The van der Waals surface area contributed by atoms with Crippen LogP contribution in [-0.4, -0.2) is 88.4 Å². The molecule has 2 saturated heterocycles. The number of fused-ring (bicyclic) bond motifs is 10. The third kappa shape index (κ3) is 4.43. The Labute approximate surface area is 285 Å². The Bertz CT molecular complexity index is 1540. The first-order valence-corrected chi connectivity index (χ1v) is 17.4. The standard InChI is InChI=1S/C36H48O13/c1-13-10-21-35(8,36(9,43)32(42)49-21)26-23(13)34(7)25(29(26)45-15(3)38)22-24(30(46-16(4)39)31(34)47-17(5)40)33(6)12-20-19(48-20)11-18(33)28(27(22)41)44-14(2)37/h10,13,18-20,22-31,41,43H,11-12H2,1-9H3/t13-,18-,19+,20-,22-,23+,24?,25-,26+,27-,28+,29-,30+,31+,33+,34-,35+,36-/m1/s1. The van der Waals surface area contributed by atoms with Crippen molar-refractivity contribution in [3.05, 3.63) is 11.8 Å². The van der Waals surface area contributed by atoms with Crippen molar-refractivity contribution < 1.29 is 62.6 Å². The number of aliphatic hydroxyl groups is 2. The summed E-state index contributed by atoms with van der Waals surface area (Å²) in [6.07, 6.45) is -2.86. The smallest absolute Gasteiger partial charge is 0.343 e. The summed E-state index contributed by atoms with van der Waals surface area (Å²) in [5.41, 5.74) is -5.41. The number of carbonyl (C=O) groups excluding carboxylic acids is 5. The van der Waals surface area contributed by atoms with E-state index in [0.717, 1.165) is 0 Å². The molecule has 0 bridgehead atoms. The molecule has 7 aliphatic rings. The molecule has 2 heterocycles. The number of rotatable bonds is 4. The molecule has 0 aromatic rings. The van der Waals surface area contributed by atoms with Gasteiger partial charge in [0.05, 0.1) is 23.7 Å². The summed E-state index contributed by atoms with van der Waals surface area (Å²) in [4.78, 5) is 65.2. The van der Waals surface area contributed by atoms with Crippen LogP contribution in [0.4, 0.5) is 0 Å². The minimum atomic E-state index is -2.04. The minimum absolute atomic E-state index is 0.0687. The van der Waals surface area contributed by atoms with E-state index < -0.39 is 118 Å². The Morgan fingerprint density at radius 3 is 1.96 bits per heavy atom. The highest BCUT2D eigenvalue weighted by atomic mass is 16.6. The maximum absolute atomic E-state index is 13.3. The highest BCUT2D eigenvalue weighted by molar-refractivity contribution is 5.85. The van der Waals surface area contributed by atoms with Crippen molar-refractivity contribution in [2.45, 2.75) is 123 Å². The number of esters is 5. The second kappa shape index (κ2) is 10.7. The van der Waals surface area contributed by atoms with Crippen molar-refractivity contribution in [3.63, 3.8) is 0 Å². The van der Waals surface area contributed by atoms with E-state index in [0.29, 0.717) is 12.8 Å². The number of hydrogen-bond donors (Lipinski definition) is 2. The van der Waals surface area contributed by atoms with E-state index in [1.165, 1.54) is 34.6 Å². The molecule has 0 aromatic heterocycles. The second-order valence-corrected chi connectivity index (χ2v) is 16.6. The first-order chi connectivity index (χ1) is 22.7. The van der Waals surface area contributed by atoms with Gasteiger partial charge < -0.3 is 38.6 Å². The maximum Gasteiger partial charge on any atom is 0.343 e. The van der Waals surface area contributed by atoms with Crippen LogP contribution in [0.25, 0.3) is 0 Å². The van der Waals surface area contributed by atoms with Crippen LogP contribution in [-0.2, 0) is 52.4 Å². The molecule has 0 aromatic carbocycles. The normalized spacial score (nSPS) is 53.1. The largest absolute Gasteiger partial charge is 0.462 e. The molecule has 49 heavy (non-hydrogen) atoms. The SMILES string of the molecule is CC(=O)O[C@@H]1[C@H]2[C@H]3C([C@H](OC(C)=O)[C@H](OC(C)=O)[C@]2(C)[C@@H]2[C@@H]1[C@]1(C)C(=C[C@H]2C)OC(=O)[C@@]1(C)O)[C@@]1(C)C[C@H]2O[C@H]2C[C@@H]1[C@H](OC(C)=O)[C@@H]3O. The quantitative estimate of drug-likeness (QED) is 0.249. The minimum Gasteiger partial charge on any atom is -0.462 e. The lowest BCUT2D eigenvalue weighted by atomic mass is 9.41. The number of aliphatic hydroxyl groups excluding tert-OH is 1. The van der Waals surface area contributed by atoms with Crippen molar-refractivity contribution in [2.24, 2.45) is 57.7 Å². The molecule has 0 spiro atoms. The van der Waals surface area contributed by atoms with E-state index in [1.54, 1.807) is 13.0 Å². The van der Waals surface area contributed by atoms with Crippen LogP contribution in [0.2, 0.25) is 0 Å². The van der Waals surface area contributed by atoms with Crippen LogP contribution in [0.5, 0.6) is 0 Å². The number of allylic oxidation sites excluding steroid dienone is 1. The second-order valence-electron chi connectivity index (χ2n) is 16.6. The molecule has 2 aliphatic heterocycles. The Hall–Kier alpha value is -3.03. The van der Waals surface area contributed by atoms with Crippen LogP contribution < -0.4 is 0 Å². The van der Waals surface area contributed by atoms with Gasteiger partial charge in [-0.15, -0.1) is 0 Å². The number of carbonyl (C=O) groups is 5. The van der Waals surface area contributed by atoms with Gasteiger partial charge in [0.15, 0.2) is 5.60 Å². The predicted octanol–water partition coefficient (Wildman–Crippen LogP) is 2.23. The zero-order valence-corrected chi connectivity index (χ0v) is 29.5. The van der Waals surface area contributed by atoms with Crippen molar-refractivity contribution in [2.75, 3.05) is 0 Å². The highest BCUT2D eigenvalue weighted by Gasteiger charge is 2.82. The molecule has 6 fully saturated rings. The van der Waals surface area contributed by atoms with Gasteiger partial charge in [0.2, 0.25) is 0 Å². The predicted molar refractivity (Wildman–Crippen MR) is 165 cm³/mol. The lowest BCUT2D eigenvalue weighted by Crippen LogP contribution is -2.73. The van der Waals surface area contributed by atoms with Gasteiger partial charge in [0, 0.05) is 62.7 Å². The summed E-state index contributed by atoms with van der Waals surface area (Å²) >= 11 is 0. The number of hydrogen-bond acceptors (Lipinski definition) is 13.